The van der Waals surface area contributed by atoms with E-state index in [-0.39, 0.29) is 26.7 Å². The molecule has 88 heavy (non-hydrogen) atoms. The van der Waals surface area contributed by atoms with Gasteiger partial charge in [0, 0.05) is 28.2 Å². The predicted octanol–water partition coefficient (Wildman–Crippen LogP) is 22.7. The summed E-state index contributed by atoms with van der Waals surface area (Å²) in [6.07, 6.45) is 15.0. The molecule has 10 aromatic rings. The molecule has 6 heteroatoms. The first-order valence-electron chi connectivity index (χ1n) is 31.5. The summed E-state index contributed by atoms with van der Waals surface area (Å²) in [4.78, 5) is 0. The lowest BCUT2D eigenvalue weighted by molar-refractivity contribution is 0.426. The molecule has 0 amide bonds. The maximum atomic E-state index is 9.08. The van der Waals surface area contributed by atoms with Gasteiger partial charge < -0.3 is 10.0 Å². The highest BCUT2D eigenvalue weighted by Gasteiger charge is 2.37. The molecular weight excluding hydrogens is 1200 g/mol. The molecule has 10 aromatic carbocycles. The van der Waals surface area contributed by atoms with Gasteiger partial charge >= 0.3 is 7.12 Å². The van der Waals surface area contributed by atoms with E-state index in [0.717, 1.165) is 26.5 Å². The Bertz CT molecular complexity index is 3660. The normalized spacial score (nSPS) is 12.6. The van der Waals surface area contributed by atoms with Crippen molar-refractivity contribution in [3.63, 3.8) is 0 Å². The van der Waals surface area contributed by atoms with E-state index in [1.807, 2.05) is 12.1 Å². The average Bonchev–Trinajstić information content (AvgIpc) is 1.98. The molecule has 0 aromatic heterocycles. The van der Waals surface area contributed by atoms with Crippen LogP contribution in [-0.4, -0.2) is 25.6 Å². The van der Waals surface area contributed by atoms with Gasteiger partial charge in [-0.05, 0) is 197 Å². The Hall–Kier alpha value is -6.79. The van der Waals surface area contributed by atoms with Crippen molar-refractivity contribution in [1.29, 1.82) is 0 Å². The molecule has 0 atom stereocenters. The van der Waals surface area contributed by atoms with Crippen LogP contribution in [0.2, 0.25) is 0 Å². The number of fused-ring (bicyclic) bond motifs is 6. The first-order chi connectivity index (χ1) is 41.6. The molecule has 2 nitrogen and oxygen atoms in total. The van der Waals surface area contributed by atoms with Crippen molar-refractivity contribution in [3.05, 3.63) is 266 Å². The zero-order chi connectivity index (χ0) is 60.4. The van der Waals surface area contributed by atoms with Crippen molar-refractivity contribution in [2.75, 3.05) is 0 Å². The van der Waals surface area contributed by atoms with E-state index in [1.165, 1.54) is 176 Å². The Morgan fingerprint density at radius 2 is 0.534 bits per heavy atom. The van der Waals surface area contributed by atoms with E-state index >= 15 is 0 Å². The summed E-state index contributed by atoms with van der Waals surface area (Å²) in [5, 5.41) is 18.2. The van der Waals surface area contributed by atoms with E-state index in [1.54, 1.807) is 12.1 Å². The minimum absolute atomic E-state index is 0. The van der Waals surface area contributed by atoms with Gasteiger partial charge in [-0.25, -0.2) is 0 Å². The molecule has 0 fully saturated rings. The largest absolute Gasteiger partial charge is 0.488 e. The van der Waals surface area contributed by atoms with Crippen molar-refractivity contribution >= 4 is 52.9 Å². The molecule has 0 heterocycles. The van der Waals surface area contributed by atoms with Gasteiger partial charge in [0.05, 0.1) is 0 Å². The lowest BCUT2D eigenvalue weighted by Gasteiger charge is -2.22. The van der Waals surface area contributed by atoms with Crippen LogP contribution >= 0.6 is 31.9 Å². The second kappa shape index (κ2) is 30.6. The molecule has 0 bridgehead atoms. The maximum absolute atomic E-state index is 9.08. The predicted molar refractivity (Wildman–Crippen MR) is 389 cm³/mol. The van der Waals surface area contributed by atoms with Crippen LogP contribution in [-0.2, 0) is 30.1 Å². The van der Waals surface area contributed by atoms with Crippen LogP contribution in [0.25, 0.3) is 77.9 Å². The minimum atomic E-state index is -1.40. The summed E-state index contributed by atoms with van der Waals surface area (Å²) in [7, 11) is -1.40. The maximum Gasteiger partial charge on any atom is 0.488 e. The zero-order valence-electron chi connectivity index (χ0n) is 52.1. The van der Waals surface area contributed by atoms with E-state index in [9.17, 15) is 0 Å². The summed E-state index contributed by atoms with van der Waals surface area (Å²) in [5.74, 6) is 0. The van der Waals surface area contributed by atoms with Crippen LogP contribution < -0.4 is 5.46 Å². The Balaban J connectivity index is 0.000000210. The molecule has 0 saturated carbocycles. The van der Waals surface area contributed by atoms with Crippen LogP contribution in [0.1, 0.15) is 153 Å². The molecule has 0 spiro atoms. The van der Waals surface area contributed by atoms with Crippen LogP contribution in [0.4, 0.5) is 0 Å². The molecule has 12 rings (SSSR count). The quantitative estimate of drug-likeness (QED) is 0.0664. The van der Waals surface area contributed by atoms with Crippen LogP contribution in [0.15, 0.2) is 227 Å². The Labute approximate surface area is 547 Å². The number of unbranched alkanes of at least 4 members (excludes halogenated alkanes) is 6. The summed E-state index contributed by atoms with van der Waals surface area (Å²) in [6, 6.07) is 79.8. The molecule has 2 aliphatic rings. The molecule has 0 unspecified atom stereocenters. The van der Waals surface area contributed by atoms with E-state index in [0.29, 0.717) is 5.46 Å². The third-order valence-corrected chi connectivity index (χ3v) is 19.0. The average molecular weight is 1290 g/mol. The number of benzene rings is 10. The number of rotatable bonds is 18. The summed E-state index contributed by atoms with van der Waals surface area (Å²) in [5.41, 5.74) is 28.3. The molecule has 447 valence electrons. The SMILES string of the molecule is C.CC1(C)c2cc(Br)ccc2-c2ccc(Br)cc21.CCCCCc1ccc(-c2ccc(-c3ccc4c(c3)C(C)(C)c3cc(-c5ccc(-c6ccc(CCCCC)cc6)cc5)ccc3-4)cc2)cc1.CCCCCc1ccc(-c2ccc(B(O)O)cc2)cc1.[B]. The molecule has 3 radical (unpaired) electrons. The Kier molecular flexibility index (Phi) is 23.4. The first-order valence-corrected chi connectivity index (χ1v) is 33.1. The monoisotopic (exact) mass is 1280 g/mol. The van der Waals surface area contributed by atoms with Gasteiger partial charge in [0.15, 0.2) is 0 Å². The highest BCUT2D eigenvalue weighted by atomic mass is 79.9. The number of halogens is 2. The highest BCUT2D eigenvalue weighted by molar-refractivity contribution is 9.10. The fourth-order valence-corrected chi connectivity index (χ4v) is 13.4. The topological polar surface area (TPSA) is 40.5 Å². The Morgan fingerprint density at radius 3 is 0.807 bits per heavy atom. The van der Waals surface area contributed by atoms with Gasteiger partial charge in [-0.1, -0.05) is 308 Å². The fraction of sp³-hybridized carbons (Fsp3) is 0.268. The number of aryl methyl sites for hydroxylation is 3. The third-order valence-electron chi connectivity index (χ3n) is 18.0. The third kappa shape index (κ3) is 15.6. The molecule has 2 aliphatic carbocycles. The summed E-state index contributed by atoms with van der Waals surface area (Å²) < 4.78 is 2.30. The van der Waals surface area contributed by atoms with Gasteiger partial charge in [-0.2, -0.15) is 0 Å². The lowest BCUT2D eigenvalue weighted by atomic mass is 9.80. The van der Waals surface area contributed by atoms with Crippen molar-refractivity contribution in [2.45, 2.75) is 144 Å². The fourth-order valence-electron chi connectivity index (χ4n) is 12.7. The van der Waals surface area contributed by atoms with Gasteiger partial charge in [0.2, 0.25) is 0 Å². The van der Waals surface area contributed by atoms with Gasteiger partial charge in [0.1, 0.15) is 0 Å². The first kappa shape index (κ1) is 67.1. The molecule has 0 saturated heterocycles. The summed E-state index contributed by atoms with van der Waals surface area (Å²) in [6.45, 7) is 16.1. The van der Waals surface area contributed by atoms with Crippen LogP contribution in [0.3, 0.4) is 0 Å². The van der Waals surface area contributed by atoms with Crippen molar-refractivity contribution in [3.8, 4) is 77.9 Å². The van der Waals surface area contributed by atoms with Crippen molar-refractivity contribution in [2.24, 2.45) is 0 Å². The minimum Gasteiger partial charge on any atom is -0.423 e. The van der Waals surface area contributed by atoms with Gasteiger partial charge in [0.25, 0.3) is 0 Å². The zero-order valence-corrected chi connectivity index (χ0v) is 55.2. The number of hydrogen-bond acceptors (Lipinski definition) is 2. The standard InChI is InChI=1S/C49H50.C17H21BO2.C15H12Br2.CH4.B/c1-5-7-9-11-35-13-17-37(18-14-35)39-21-25-41(26-22-39)43-29-31-45-46-32-30-44(34-48(46)49(3,4)47(45)33-43)42-27-23-40(24-28-42)38-19-15-36(16-20-38)12-10-8-6-2;1-2-3-4-5-14-6-8-15(9-7-14)16-10-12-17(13-11-16)18(19)20;1-15(2)13-7-9(16)3-5-11(13)12-6-4-10(17)8-14(12)15;;/h13-34H,5-12H2,1-4H3;6-13,19-20H,2-5H2,1H3;3-8H,1-2H3;1H4;. The number of hydrogen-bond donors (Lipinski definition) is 2. The van der Waals surface area contributed by atoms with Gasteiger partial charge in [-0.15, -0.1) is 0 Å². The van der Waals surface area contributed by atoms with Gasteiger partial charge in [-0.3, -0.25) is 0 Å². The van der Waals surface area contributed by atoms with Crippen molar-refractivity contribution < 1.29 is 10.0 Å². The van der Waals surface area contributed by atoms with Crippen LogP contribution in [0, 0.1) is 0 Å². The second-order valence-electron chi connectivity index (χ2n) is 24.8. The summed E-state index contributed by atoms with van der Waals surface area (Å²) >= 11 is 7.13. The van der Waals surface area contributed by atoms with E-state index in [2.05, 4.69) is 274 Å². The van der Waals surface area contributed by atoms with Crippen molar-refractivity contribution in [1.82, 2.24) is 0 Å². The van der Waals surface area contributed by atoms with E-state index < -0.39 is 7.12 Å². The van der Waals surface area contributed by atoms with Crippen LogP contribution in [0.5, 0.6) is 0 Å². The Morgan fingerprint density at radius 1 is 0.307 bits per heavy atom. The lowest BCUT2D eigenvalue weighted by Crippen LogP contribution is -2.29. The van der Waals surface area contributed by atoms with E-state index in [4.69, 9.17) is 10.0 Å². The second-order valence-corrected chi connectivity index (χ2v) is 26.6. The molecule has 0 aliphatic heterocycles. The highest BCUT2D eigenvalue weighted by Crippen LogP contribution is 2.52. The molecular formula is C82H87B2Br2O2. The molecule has 2 N–H and O–H groups in total. The smallest absolute Gasteiger partial charge is 0.423 e.